The van der Waals surface area contributed by atoms with Gasteiger partial charge in [-0.1, -0.05) is 18.5 Å². The predicted octanol–water partition coefficient (Wildman–Crippen LogP) is 3.78. The average molecular weight is 284 g/mol. The monoisotopic (exact) mass is 283 g/mol. The Hall–Kier alpha value is -0.930. The molecule has 0 radical (unpaired) electrons. The summed E-state index contributed by atoms with van der Waals surface area (Å²) in [6.45, 7) is 3.06. The first-order chi connectivity index (χ1) is 9.14. The summed E-state index contributed by atoms with van der Waals surface area (Å²) in [4.78, 5) is 0. The van der Waals surface area contributed by atoms with E-state index in [-0.39, 0.29) is 0 Å². The Morgan fingerprint density at radius 3 is 2.47 bits per heavy atom. The SMILES string of the molecule is CCC1(NCc2cc(Cl)c(OC)c(OC)c2)CCC1. The molecular formula is C15H22ClNO2. The van der Waals surface area contributed by atoms with Crippen LogP contribution in [-0.4, -0.2) is 19.8 Å². The molecule has 0 unspecified atom stereocenters. The second-order valence-electron chi connectivity index (χ2n) is 5.15. The minimum atomic E-state index is 0.333. The minimum Gasteiger partial charge on any atom is -0.493 e. The third-order valence-corrected chi connectivity index (χ3v) is 4.43. The van der Waals surface area contributed by atoms with E-state index in [0.29, 0.717) is 22.1 Å². The van der Waals surface area contributed by atoms with Gasteiger partial charge in [-0.3, -0.25) is 0 Å². The molecule has 0 spiro atoms. The highest BCUT2D eigenvalue weighted by Gasteiger charge is 2.34. The lowest BCUT2D eigenvalue weighted by atomic mass is 9.75. The number of halogens is 1. The fourth-order valence-electron chi connectivity index (χ4n) is 2.62. The zero-order valence-electron chi connectivity index (χ0n) is 11.9. The molecule has 0 atom stereocenters. The molecular weight excluding hydrogens is 262 g/mol. The fraction of sp³-hybridized carbons (Fsp3) is 0.600. The van der Waals surface area contributed by atoms with E-state index in [1.807, 2.05) is 12.1 Å². The summed E-state index contributed by atoms with van der Waals surface area (Å²) in [5, 5.41) is 4.25. The van der Waals surface area contributed by atoms with E-state index in [9.17, 15) is 0 Å². The molecule has 19 heavy (non-hydrogen) atoms. The van der Waals surface area contributed by atoms with Crippen molar-refractivity contribution in [2.75, 3.05) is 14.2 Å². The molecule has 1 aliphatic rings. The topological polar surface area (TPSA) is 30.5 Å². The highest BCUT2D eigenvalue weighted by molar-refractivity contribution is 6.32. The lowest BCUT2D eigenvalue weighted by Crippen LogP contribution is -2.49. The van der Waals surface area contributed by atoms with Crippen molar-refractivity contribution in [2.24, 2.45) is 0 Å². The zero-order chi connectivity index (χ0) is 13.9. The number of hydrogen-bond donors (Lipinski definition) is 1. The van der Waals surface area contributed by atoms with Gasteiger partial charge in [0.05, 0.1) is 19.2 Å². The molecule has 0 heterocycles. The zero-order valence-corrected chi connectivity index (χ0v) is 12.6. The molecule has 1 aromatic carbocycles. The smallest absolute Gasteiger partial charge is 0.179 e. The van der Waals surface area contributed by atoms with Crippen molar-refractivity contribution in [1.29, 1.82) is 0 Å². The van der Waals surface area contributed by atoms with Crippen molar-refractivity contribution in [2.45, 2.75) is 44.7 Å². The third kappa shape index (κ3) is 2.98. The molecule has 4 heteroatoms. The van der Waals surface area contributed by atoms with E-state index in [1.54, 1.807) is 14.2 Å². The number of benzene rings is 1. The average Bonchev–Trinajstić information content (AvgIpc) is 2.37. The summed E-state index contributed by atoms with van der Waals surface area (Å²) >= 11 is 6.21. The van der Waals surface area contributed by atoms with Crippen LogP contribution in [0, 0.1) is 0 Å². The molecule has 1 aliphatic carbocycles. The van der Waals surface area contributed by atoms with Crippen molar-refractivity contribution < 1.29 is 9.47 Å². The predicted molar refractivity (Wildman–Crippen MR) is 78.3 cm³/mol. The Morgan fingerprint density at radius 2 is 2.00 bits per heavy atom. The molecule has 0 saturated heterocycles. The summed E-state index contributed by atoms with van der Waals surface area (Å²) in [6, 6.07) is 3.93. The van der Waals surface area contributed by atoms with Gasteiger partial charge in [0.1, 0.15) is 0 Å². The van der Waals surface area contributed by atoms with Crippen LogP contribution in [0.15, 0.2) is 12.1 Å². The van der Waals surface area contributed by atoms with Crippen LogP contribution in [0.5, 0.6) is 11.5 Å². The van der Waals surface area contributed by atoms with Crippen LogP contribution < -0.4 is 14.8 Å². The highest BCUT2D eigenvalue weighted by atomic mass is 35.5. The molecule has 0 bridgehead atoms. The van der Waals surface area contributed by atoms with Gasteiger partial charge in [0.2, 0.25) is 0 Å². The van der Waals surface area contributed by atoms with Gasteiger partial charge in [0.25, 0.3) is 0 Å². The fourth-order valence-corrected chi connectivity index (χ4v) is 2.93. The first-order valence-electron chi connectivity index (χ1n) is 6.79. The number of nitrogens with one attached hydrogen (secondary N) is 1. The van der Waals surface area contributed by atoms with E-state index in [2.05, 4.69) is 12.2 Å². The Bertz CT molecular complexity index is 439. The van der Waals surface area contributed by atoms with E-state index in [0.717, 1.165) is 12.1 Å². The standard InChI is InChI=1S/C15H22ClNO2/c1-4-15(6-5-7-15)17-10-11-8-12(16)14(19-3)13(9-11)18-2/h8-9,17H,4-7,10H2,1-3H3. The van der Waals surface area contributed by atoms with Gasteiger partial charge in [-0.05, 0) is 43.4 Å². The highest BCUT2D eigenvalue weighted by Crippen LogP contribution is 2.37. The number of methoxy groups -OCH3 is 2. The number of ether oxygens (including phenoxy) is 2. The quantitative estimate of drug-likeness (QED) is 0.862. The van der Waals surface area contributed by atoms with E-state index >= 15 is 0 Å². The first kappa shape index (κ1) is 14.5. The molecule has 2 rings (SSSR count). The van der Waals surface area contributed by atoms with Crippen LogP contribution in [0.4, 0.5) is 0 Å². The van der Waals surface area contributed by atoms with Crippen LogP contribution in [0.2, 0.25) is 5.02 Å². The first-order valence-corrected chi connectivity index (χ1v) is 7.17. The summed E-state index contributed by atoms with van der Waals surface area (Å²) in [6.07, 6.45) is 5.04. The summed E-state index contributed by atoms with van der Waals surface area (Å²) in [5.41, 5.74) is 1.46. The van der Waals surface area contributed by atoms with Crippen LogP contribution in [-0.2, 0) is 6.54 Å². The Morgan fingerprint density at radius 1 is 1.26 bits per heavy atom. The Kier molecular flexibility index (Phi) is 4.58. The van der Waals surface area contributed by atoms with Crippen molar-refractivity contribution in [3.05, 3.63) is 22.7 Å². The molecule has 1 N–H and O–H groups in total. The van der Waals surface area contributed by atoms with Gasteiger partial charge in [-0.2, -0.15) is 0 Å². The van der Waals surface area contributed by atoms with Crippen LogP contribution in [0.25, 0.3) is 0 Å². The van der Waals surface area contributed by atoms with Crippen LogP contribution in [0.3, 0.4) is 0 Å². The van der Waals surface area contributed by atoms with Gasteiger partial charge >= 0.3 is 0 Å². The van der Waals surface area contributed by atoms with Gasteiger partial charge < -0.3 is 14.8 Å². The van der Waals surface area contributed by atoms with Gasteiger partial charge in [-0.25, -0.2) is 0 Å². The summed E-state index contributed by atoms with van der Waals surface area (Å²) < 4.78 is 10.6. The lowest BCUT2D eigenvalue weighted by molar-refractivity contribution is 0.175. The van der Waals surface area contributed by atoms with Gasteiger partial charge in [0, 0.05) is 12.1 Å². The molecule has 1 aromatic rings. The van der Waals surface area contributed by atoms with Crippen molar-refractivity contribution in [3.63, 3.8) is 0 Å². The second kappa shape index (κ2) is 6.02. The normalized spacial score (nSPS) is 16.8. The van der Waals surface area contributed by atoms with E-state index in [4.69, 9.17) is 21.1 Å². The number of hydrogen-bond acceptors (Lipinski definition) is 3. The van der Waals surface area contributed by atoms with Gasteiger partial charge in [-0.15, -0.1) is 0 Å². The summed E-state index contributed by atoms with van der Waals surface area (Å²) in [7, 11) is 3.23. The van der Waals surface area contributed by atoms with Crippen molar-refractivity contribution in [1.82, 2.24) is 5.32 Å². The lowest BCUT2D eigenvalue weighted by Gasteiger charge is -2.42. The molecule has 106 valence electrons. The minimum absolute atomic E-state index is 0.333. The van der Waals surface area contributed by atoms with Crippen molar-refractivity contribution >= 4 is 11.6 Å². The maximum atomic E-state index is 6.21. The maximum absolute atomic E-state index is 6.21. The van der Waals surface area contributed by atoms with Gasteiger partial charge in [0.15, 0.2) is 11.5 Å². The van der Waals surface area contributed by atoms with Crippen LogP contribution >= 0.6 is 11.6 Å². The number of rotatable bonds is 6. The second-order valence-corrected chi connectivity index (χ2v) is 5.56. The Labute approximate surface area is 120 Å². The molecule has 3 nitrogen and oxygen atoms in total. The molecule has 0 aromatic heterocycles. The van der Waals surface area contributed by atoms with E-state index in [1.165, 1.54) is 25.7 Å². The van der Waals surface area contributed by atoms with Crippen LogP contribution in [0.1, 0.15) is 38.2 Å². The maximum Gasteiger partial charge on any atom is 0.179 e. The molecule has 0 aliphatic heterocycles. The summed E-state index contributed by atoms with van der Waals surface area (Å²) in [5.74, 6) is 1.28. The van der Waals surface area contributed by atoms with E-state index < -0.39 is 0 Å². The Balaban J connectivity index is 2.10. The largest absolute Gasteiger partial charge is 0.493 e. The third-order valence-electron chi connectivity index (χ3n) is 4.15. The van der Waals surface area contributed by atoms with Crippen molar-refractivity contribution in [3.8, 4) is 11.5 Å². The molecule has 1 fully saturated rings. The molecule has 0 amide bonds. The molecule has 1 saturated carbocycles.